The number of anilines is 2. The highest BCUT2D eigenvalue weighted by Crippen LogP contribution is 2.26. The van der Waals surface area contributed by atoms with E-state index < -0.39 is 0 Å². The SMILES string of the molecule is O=C(Nc1ccc(-c2ccc(N3CCCC3)nn2)cc1)C1CCCCC1. The van der Waals surface area contributed by atoms with Crippen LogP contribution < -0.4 is 10.2 Å². The Morgan fingerprint density at radius 3 is 2.27 bits per heavy atom. The van der Waals surface area contributed by atoms with Gasteiger partial charge < -0.3 is 10.2 Å². The first-order valence-electron chi connectivity index (χ1n) is 9.79. The van der Waals surface area contributed by atoms with E-state index in [0.29, 0.717) is 0 Å². The molecule has 0 unspecified atom stereocenters. The smallest absolute Gasteiger partial charge is 0.227 e. The van der Waals surface area contributed by atoms with Crippen molar-refractivity contribution in [2.75, 3.05) is 23.3 Å². The Balaban J connectivity index is 1.39. The lowest BCUT2D eigenvalue weighted by molar-refractivity contribution is -0.120. The Kier molecular flexibility index (Phi) is 5.14. The fraction of sp³-hybridized carbons (Fsp3) is 0.476. The van der Waals surface area contributed by atoms with Crippen molar-refractivity contribution in [2.24, 2.45) is 5.92 Å². The quantitative estimate of drug-likeness (QED) is 0.895. The molecule has 0 radical (unpaired) electrons. The number of carbonyl (C=O) groups excluding carboxylic acids is 1. The van der Waals surface area contributed by atoms with Crippen LogP contribution in [0.25, 0.3) is 11.3 Å². The highest BCUT2D eigenvalue weighted by atomic mass is 16.1. The maximum absolute atomic E-state index is 12.3. The molecule has 5 nitrogen and oxygen atoms in total. The number of benzene rings is 1. The van der Waals surface area contributed by atoms with Gasteiger partial charge in [0.25, 0.3) is 0 Å². The third-order valence-corrected chi connectivity index (χ3v) is 5.50. The topological polar surface area (TPSA) is 58.1 Å². The van der Waals surface area contributed by atoms with Crippen LogP contribution in [0, 0.1) is 5.92 Å². The number of nitrogens with one attached hydrogen (secondary N) is 1. The van der Waals surface area contributed by atoms with E-state index in [0.717, 1.165) is 48.7 Å². The van der Waals surface area contributed by atoms with E-state index in [9.17, 15) is 4.79 Å². The molecule has 1 aliphatic heterocycles. The second-order valence-electron chi connectivity index (χ2n) is 7.37. The molecule has 1 aliphatic carbocycles. The molecule has 2 aliphatic rings. The molecule has 1 aromatic carbocycles. The van der Waals surface area contributed by atoms with Crippen LogP contribution in [0.15, 0.2) is 36.4 Å². The van der Waals surface area contributed by atoms with E-state index in [2.05, 4.69) is 20.4 Å². The van der Waals surface area contributed by atoms with Gasteiger partial charge >= 0.3 is 0 Å². The van der Waals surface area contributed by atoms with Gasteiger partial charge in [0.05, 0.1) is 5.69 Å². The highest BCUT2D eigenvalue weighted by Gasteiger charge is 2.21. The minimum absolute atomic E-state index is 0.159. The molecule has 0 bridgehead atoms. The van der Waals surface area contributed by atoms with Crippen LogP contribution in [-0.2, 0) is 4.79 Å². The fourth-order valence-corrected chi connectivity index (χ4v) is 3.93. The predicted molar refractivity (Wildman–Crippen MR) is 104 cm³/mol. The summed E-state index contributed by atoms with van der Waals surface area (Å²) in [5.74, 6) is 1.29. The van der Waals surface area contributed by atoms with Gasteiger partial charge in [-0.3, -0.25) is 4.79 Å². The molecule has 1 amide bonds. The molecular formula is C21H26N4O. The number of hydrogen-bond acceptors (Lipinski definition) is 4. The van der Waals surface area contributed by atoms with Gasteiger partial charge in [-0.1, -0.05) is 31.4 Å². The first-order valence-corrected chi connectivity index (χ1v) is 9.79. The molecule has 0 atom stereocenters. The van der Waals surface area contributed by atoms with Crippen LogP contribution >= 0.6 is 0 Å². The van der Waals surface area contributed by atoms with Crippen molar-refractivity contribution in [1.82, 2.24) is 10.2 Å². The average Bonchev–Trinajstić information content (AvgIpc) is 3.24. The summed E-state index contributed by atoms with van der Waals surface area (Å²) in [6, 6.07) is 12.0. The maximum atomic E-state index is 12.3. The second-order valence-corrected chi connectivity index (χ2v) is 7.37. The molecule has 1 aromatic heterocycles. The van der Waals surface area contributed by atoms with Gasteiger partial charge in [0.15, 0.2) is 5.82 Å². The summed E-state index contributed by atoms with van der Waals surface area (Å²) in [7, 11) is 0. The van der Waals surface area contributed by atoms with Crippen molar-refractivity contribution in [2.45, 2.75) is 44.9 Å². The molecule has 2 aromatic rings. The minimum Gasteiger partial charge on any atom is -0.355 e. The predicted octanol–water partition coefficient (Wildman–Crippen LogP) is 4.26. The first-order chi connectivity index (χ1) is 12.8. The monoisotopic (exact) mass is 350 g/mol. The van der Waals surface area contributed by atoms with E-state index >= 15 is 0 Å². The number of carbonyl (C=O) groups is 1. The van der Waals surface area contributed by atoms with E-state index in [4.69, 9.17) is 0 Å². The normalized spacial score (nSPS) is 18.1. The van der Waals surface area contributed by atoms with Crippen LogP contribution in [0.3, 0.4) is 0 Å². The van der Waals surface area contributed by atoms with Crippen molar-refractivity contribution in [3.63, 3.8) is 0 Å². The zero-order valence-corrected chi connectivity index (χ0v) is 15.2. The van der Waals surface area contributed by atoms with Crippen LogP contribution in [0.1, 0.15) is 44.9 Å². The van der Waals surface area contributed by atoms with Crippen LogP contribution in [0.5, 0.6) is 0 Å². The van der Waals surface area contributed by atoms with Crippen molar-refractivity contribution >= 4 is 17.4 Å². The van der Waals surface area contributed by atoms with Crippen LogP contribution in [0.2, 0.25) is 0 Å². The van der Waals surface area contributed by atoms with E-state index in [1.54, 1.807) is 0 Å². The third kappa shape index (κ3) is 3.87. The summed E-state index contributed by atoms with van der Waals surface area (Å²) in [4.78, 5) is 14.6. The summed E-state index contributed by atoms with van der Waals surface area (Å²) in [6.45, 7) is 2.15. The number of rotatable bonds is 4. The van der Waals surface area contributed by atoms with Crippen LogP contribution in [0.4, 0.5) is 11.5 Å². The lowest BCUT2D eigenvalue weighted by atomic mass is 9.88. The number of amides is 1. The Hall–Kier alpha value is -2.43. The Labute approximate surface area is 154 Å². The molecule has 136 valence electrons. The highest BCUT2D eigenvalue weighted by molar-refractivity contribution is 5.92. The van der Waals surface area contributed by atoms with Crippen LogP contribution in [-0.4, -0.2) is 29.2 Å². The maximum Gasteiger partial charge on any atom is 0.227 e. The Bertz CT molecular complexity index is 730. The standard InChI is InChI=1S/C21H26N4O/c26-21(17-6-2-1-3-7-17)22-18-10-8-16(9-11-18)19-12-13-20(24-23-19)25-14-4-5-15-25/h8-13,17H,1-7,14-15H2,(H,22,26). The molecule has 26 heavy (non-hydrogen) atoms. The molecule has 2 heterocycles. The number of nitrogens with zero attached hydrogens (tertiary/aromatic N) is 3. The summed E-state index contributed by atoms with van der Waals surface area (Å²) < 4.78 is 0. The largest absolute Gasteiger partial charge is 0.355 e. The zero-order valence-electron chi connectivity index (χ0n) is 15.2. The van der Waals surface area contributed by atoms with Gasteiger partial charge in [-0.2, -0.15) is 0 Å². The summed E-state index contributed by atoms with van der Waals surface area (Å²) >= 11 is 0. The Morgan fingerprint density at radius 2 is 1.62 bits per heavy atom. The van der Waals surface area contributed by atoms with Crippen molar-refractivity contribution in [3.05, 3.63) is 36.4 Å². The molecule has 1 saturated heterocycles. The van der Waals surface area contributed by atoms with Gasteiger partial charge in [0, 0.05) is 30.3 Å². The van der Waals surface area contributed by atoms with Gasteiger partial charge in [-0.25, -0.2) is 0 Å². The molecule has 2 fully saturated rings. The lowest BCUT2D eigenvalue weighted by Gasteiger charge is -2.20. The van der Waals surface area contributed by atoms with Crippen molar-refractivity contribution < 1.29 is 4.79 Å². The lowest BCUT2D eigenvalue weighted by Crippen LogP contribution is -2.24. The molecule has 1 saturated carbocycles. The first kappa shape index (κ1) is 17.0. The summed E-state index contributed by atoms with van der Waals surface area (Å²) in [5.41, 5.74) is 2.73. The molecule has 5 heteroatoms. The van der Waals surface area contributed by atoms with Gasteiger partial charge in [-0.05, 0) is 49.9 Å². The number of hydrogen-bond donors (Lipinski definition) is 1. The molecular weight excluding hydrogens is 324 g/mol. The minimum atomic E-state index is 0.159. The summed E-state index contributed by atoms with van der Waals surface area (Å²) in [5, 5.41) is 11.8. The van der Waals surface area contributed by atoms with Crippen molar-refractivity contribution in [1.29, 1.82) is 0 Å². The van der Waals surface area contributed by atoms with Crippen molar-refractivity contribution in [3.8, 4) is 11.3 Å². The Morgan fingerprint density at radius 1 is 0.885 bits per heavy atom. The molecule has 1 N–H and O–H groups in total. The van der Waals surface area contributed by atoms with Gasteiger partial charge in [0.1, 0.15) is 0 Å². The average molecular weight is 350 g/mol. The summed E-state index contributed by atoms with van der Waals surface area (Å²) in [6.07, 6.45) is 8.10. The second kappa shape index (κ2) is 7.85. The number of aromatic nitrogens is 2. The van der Waals surface area contributed by atoms with Gasteiger partial charge in [0.2, 0.25) is 5.91 Å². The van der Waals surface area contributed by atoms with E-state index in [1.807, 2.05) is 36.4 Å². The fourth-order valence-electron chi connectivity index (χ4n) is 3.93. The zero-order chi connectivity index (χ0) is 17.8. The van der Waals surface area contributed by atoms with E-state index in [1.165, 1.54) is 32.1 Å². The third-order valence-electron chi connectivity index (χ3n) is 5.50. The van der Waals surface area contributed by atoms with Gasteiger partial charge in [-0.15, -0.1) is 10.2 Å². The molecule has 4 rings (SSSR count). The van der Waals surface area contributed by atoms with E-state index in [-0.39, 0.29) is 11.8 Å². The molecule has 0 spiro atoms.